The topological polar surface area (TPSA) is 65.3 Å². The van der Waals surface area contributed by atoms with Crippen molar-refractivity contribution in [1.82, 2.24) is 5.32 Å². The van der Waals surface area contributed by atoms with Crippen LogP contribution in [-0.4, -0.2) is 24.4 Å². The Morgan fingerprint density at radius 1 is 1.37 bits per heavy atom. The minimum Gasteiger partial charge on any atom is -0.479 e. The molecular formula is C15H22N2O2. The van der Waals surface area contributed by atoms with Crippen molar-refractivity contribution in [2.24, 2.45) is 0 Å². The number of rotatable bonds is 8. The normalized spacial score (nSPS) is 13.6. The number of hydrogen-bond acceptors (Lipinski definition) is 4. The fourth-order valence-electron chi connectivity index (χ4n) is 1.98. The van der Waals surface area contributed by atoms with Crippen molar-refractivity contribution in [1.29, 1.82) is 5.26 Å². The quantitative estimate of drug-likeness (QED) is 0.755. The van der Waals surface area contributed by atoms with Crippen molar-refractivity contribution < 1.29 is 9.84 Å². The monoisotopic (exact) mass is 262 g/mol. The van der Waals surface area contributed by atoms with E-state index in [1.54, 1.807) is 0 Å². The molecule has 0 aliphatic rings. The van der Waals surface area contributed by atoms with Crippen molar-refractivity contribution in [3.63, 3.8) is 0 Å². The van der Waals surface area contributed by atoms with E-state index >= 15 is 0 Å². The van der Waals surface area contributed by atoms with Gasteiger partial charge in [0.2, 0.25) is 0 Å². The van der Waals surface area contributed by atoms with Gasteiger partial charge in [-0.2, -0.15) is 5.26 Å². The maximum absolute atomic E-state index is 8.99. The van der Waals surface area contributed by atoms with Gasteiger partial charge in [0.1, 0.15) is 11.8 Å². The lowest BCUT2D eigenvalue weighted by Gasteiger charge is -2.22. The molecule has 0 saturated heterocycles. The summed E-state index contributed by atoms with van der Waals surface area (Å²) in [6, 6.07) is 10.2. The van der Waals surface area contributed by atoms with Gasteiger partial charge in [-0.3, -0.25) is 0 Å². The number of nitriles is 1. The van der Waals surface area contributed by atoms with Gasteiger partial charge in [0.25, 0.3) is 0 Å². The average molecular weight is 262 g/mol. The van der Waals surface area contributed by atoms with Crippen molar-refractivity contribution in [3.05, 3.63) is 29.8 Å². The Balaban J connectivity index is 2.57. The lowest BCUT2D eigenvalue weighted by molar-refractivity contribution is 0.257. The molecule has 0 fully saturated rings. The molecule has 2 atom stereocenters. The Bertz CT molecular complexity index is 398. The summed E-state index contributed by atoms with van der Waals surface area (Å²) in [4.78, 5) is 0. The average Bonchev–Trinajstić information content (AvgIpc) is 2.45. The van der Waals surface area contributed by atoms with Crippen LogP contribution in [0, 0.1) is 11.3 Å². The molecule has 104 valence electrons. The fourth-order valence-corrected chi connectivity index (χ4v) is 1.98. The minimum atomic E-state index is 0.0710. The molecule has 4 nitrogen and oxygen atoms in total. The molecule has 1 aromatic rings. The van der Waals surface area contributed by atoms with Gasteiger partial charge in [-0.05, 0) is 37.5 Å². The molecule has 0 aliphatic heterocycles. The van der Waals surface area contributed by atoms with Crippen LogP contribution in [-0.2, 0) is 0 Å². The van der Waals surface area contributed by atoms with Crippen LogP contribution in [0.5, 0.6) is 5.75 Å². The van der Waals surface area contributed by atoms with Crippen LogP contribution in [0.25, 0.3) is 0 Å². The third kappa shape index (κ3) is 5.29. The van der Waals surface area contributed by atoms with E-state index in [1.165, 1.54) is 5.56 Å². The van der Waals surface area contributed by atoms with E-state index in [2.05, 4.69) is 19.2 Å². The Labute approximate surface area is 115 Å². The van der Waals surface area contributed by atoms with Gasteiger partial charge < -0.3 is 15.2 Å². The molecule has 4 heteroatoms. The van der Waals surface area contributed by atoms with E-state index in [1.807, 2.05) is 30.3 Å². The highest BCUT2D eigenvalue weighted by atomic mass is 16.5. The number of nitrogens with zero attached hydrogens (tertiary/aromatic N) is 1. The summed E-state index contributed by atoms with van der Waals surface area (Å²) in [7, 11) is 0. The van der Waals surface area contributed by atoms with Crippen LogP contribution in [0.3, 0.4) is 0 Å². The number of aliphatic hydroxyl groups excluding tert-OH is 1. The predicted molar refractivity (Wildman–Crippen MR) is 74.9 cm³/mol. The van der Waals surface area contributed by atoms with E-state index in [0.717, 1.165) is 12.8 Å². The van der Waals surface area contributed by atoms with Gasteiger partial charge in [-0.25, -0.2) is 0 Å². The first-order valence-electron chi connectivity index (χ1n) is 6.67. The molecule has 0 saturated carbocycles. The summed E-state index contributed by atoms with van der Waals surface area (Å²) in [5, 5.41) is 20.9. The first-order valence-corrected chi connectivity index (χ1v) is 6.67. The molecule has 0 heterocycles. The molecule has 1 aromatic carbocycles. The molecule has 0 bridgehead atoms. The van der Waals surface area contributed by atoms with Crippen molar-refractivity contribution in [3.8, 4) is 11.8 Å². The van der Waals surface area contributed by atoms with Gasteiger partial charge in [0, 0.05) is 18.7 Å². The van der Waals surface area contributed by atoms with E-state index in [0.29, 0.717) is 11.8 Å². The second-order valence-corrected chi connectivity index (χ2v) is 4.52. The van der Waals surface area contributed by atoms with Crippen LogP contribution in [0.15, 0.2) is 24.3 Å². The van der Waals surface area contributed by atoms with Gasteiger partial charge in [-0.15, -0.1) is 0 Å². The van der Waals surface area contributed by atoms with E-state index in [4.69, 9.17) is 15.1 Å². The number of hydrogen-bond donors (Lipinski definition) is 2. The van der Waals surface area contributed by atoms with E-state index in [-0.39, 0.29) is 19.3 Å². The molecular weight excluding hydrogens is 240 g/mol. The predicted octanol–water partition coefficient (Wildman–Crippen LogP) is 2.40. The third-order valence-corrected chi connectivity index (χ3v) is 3.14. The van der Waals surface area contributed by atoms with Crippen LogP contribution in [0.4, 0.5) is 0 Å². The highest BCUT2D eigenvalue weighted by Gasteiger charge is 2.11. The first-order chi connectivity index (χ1) is 9.21. The van der Waals surface area contributed by atoms with Crippen LogP contribution in [0.1, 0.15) is 38.3 Å². The zero-order valence-electron chi connectivity index (χ0n) is 11.6. The Morgan fingerprint density at radius 2 is 2.05 bits per heavy atom. The molecule has 2 N–H and O–H groups in total. The van der Waals surface area contributed by atoms with Gasteiger partial charge in [0.15, 0.2) is 6.61 Å². The summed E-state index contributed by atoms with van der Waals surface area (Å²) in [5.74, 6) is 0.708. The smallest absolute Gasteiger partial charge is 0.174 e. The molecule has 19 heavy (non-hydrogen) atoms. The second kappa shape index (κ2) is 8.52. The lowest BCUT2D eigenvalue weighted by atomic mass is 10.1. The van der Waals surface area contributed by atoms with E-state index < -0.39 is 0 Å². The maximum Gasteiger partial charge on any atom is 0.174 e. The number of ether oxygens (including phenoxy) is 1. The highest BCUT2D eigenvalue weighted by Crippen LogP contribution is 2.18. The van der Waals surface area contributed by atoms with Crippen LogP contribution >= 0.6 is 0 Å². The van der Waals surface area contributed by atoms with Crippen LogP contribution in [0.2, 0.25) is 0 Å². The van der Waals surface area contributed by atoms with Crippen molar-refractivity contribution in [2.75, 3.05) is 13.2 Å². The third-order valence-electron chi connectivity index (χ3n) is 3.14. The minimum absolute atomic E-state index is 0.0710. The number of nitrogens with one attached hydrogen (secondary N) is 1. The fraction of sp³-hybridized carbons (Fsp3) is 0.533. The molecule has 0 aliphatic carbocycles. The summed E-state index contributed by atoms with van der Waals surface area (Å²) in [6.07, 6.45) is 1.76. The van der Waals surface area contributed by atoms with Crippen molar-refractivity contribution >= 4 is 0 Å². The van der Waals surface area contributed by atoms with Gasteiger partial charge >= 0.3 is 0 Å². The Kier molecular flexibility index (Phi) is 6.94. The number of benzene rings is 1. The molecule has 0 radical (unpaired) electrons. The molecule has 1 rings (SSSR count). The summed E-state index contributed by atoms with van der Waals surface area (Å²) in [6.45, 7) is 4.49. The van der Waals surface area contributed by atoms with Gasteiger partial charge in [0.05, 0.1) is 0 Å². The lowest BCUT2D eigenvalue weighted by Crippen LogP contribution is -2.31. The molecule has 0 amide bonds. The second-order valence-electron chi connectivity index (χ2n) is 4.52. The Morgan fingerprint density at radius 3 is 2.58 bits per heavy atom. The maximum atomic E-state index is 8.99. The summed E-state index contributed by atoms with van der Waals surface area (Å²) < 4.78 is 5.22. The number of aliphatic hydroxyl groups is 1. The molecule has 2 unspecified atom stereocenters. The zero-order valence-corrected chi connectivity index (χ0v) is 11.6. The van der Waals surface area contributed by atoms with Crippen molar-refractivity contribution in [2.45, 2.75) is 38.8 Å². The molecule has 0 aromatic heterocycles. The van der Waals surface area contributed by atoms with Crippen LogP contribution < -0.4 is 10.1 Å². The summed E-state index contributed by atoms with van der Waals surface area (Å²) in [5.41, 5.74) is 1.17. The first kappa shape index (κ1) is 15.5. The standard InChI is InChI=1S/C15H22N2O2/c1-3-14(8-10-18)17-12(2)13-4-6-15(7-5-13)19-11-9-16/h4-7,12,14,17-18H,3,8,10-11H2,1-2H3. The largest absolute Gasteiger partial charge is 0.479 e. The summed E-state index contributed by atoms with van der Waals surface area (Å²) >= 11 is 0. The SMILES string of the molecule is CCC(CCO)NC(C)c1ccc(OCC#N)cc1. The zero-order chi connectivity index (χ0) is 14.1. The van der Waals surface area contributed by atoms with Gasteiger partial charge in [-0.1, -0.05) is 19.1 Å². The molecule has 0 spiro atoms. The Hall–Kier alpha value is -1.57. The van der Waals surface area contributed by atoms with E-state index in [9.17, 15) is 0 Å². The highest BCUT2D eigenvalue weighted by molar-refractivity contribution is 5.29.